The fraction of sp³-hybridized carbons (Fsp3) is 0.458. The maximum atomic E-state index is 12.5. The topological polar surface area (TPSA) is 232 Å². The molecular weight excluding hydrogens is 1160 g/mol. The van der Waals surface area contributed by atoms with Crippen molar-refractivity contribution in [3.8, 4) is 5.75 Å². The number of aromatic amines is 4. The fourth-order valence-electron chi connectivity index (χ4n) is 12.3. The molecule has 452 valence electrons. The number of nitrogens with one attached hydrogen (secondary N) is 6. The van der Waals surface area contributed by atoms with Crippen molar-refractivity contribution < 1.29 is 37.1 Å². The molecule has 8 aromatic rings. The van der Waals surface area contributed by atoms with Crippen LogP contribution >= 0.6 is 34.8 Å². The van der Waals surface area contributed by atoms with Crippen molar-refractivity contribution in [3.05, 3.63) is 93.9 Å². The lowest BCUT2D eigenvalue weighted by atomic mass is 9.87. The zero-order valence-electron chi connectivity index (χ0n) is 47.7. The van der Waals surface area contributed by atoms with Crippen molar-refractivity contribution in [3.63, 3.8) is 0 Å². The highest BCUT2D eigenvalue weighted by molar-refractivity contribution is 6.32. The number of carbonyl (C=O) groups excluding carboxylic acids is 4. The second-order valence-corrected chi connectivity index (χ2v) is 24.2. The van der Waals surface area contributed by atoms with Crippen molar-refractivity contribution in [2.45, 2.75) is 89.5 Å². The van der Waals surface area contributed by atoms with Gasteiger partial charge in [0, 0.05) is 146 Å². The molecule has 20 nitrogen and oxygen atoms in total. The van der Waals surface area contributed by atoms with Gasteiger partial charge in [-0.2, -0.15) is 20.4 Å². The number of likely N-dealkylation sites (tertiary alicyclic amines) is 1. The number of piperidine rings is 3. The number of hydrogen-bond acceptors (Lipinski definition) is 12. The third-order valence-corrected chi connectivity index (χ3v) is 17.5. The predicted octanol–water partition coefficient (Wildman–Crippen LogP) is 11.0. The van der Waals surface area contributed by atoms with Crippen molar-refractivity contribution >= 4 is 119 Å². The number of ketones is 1. The lowest BCUT2D eigenvalue weighted by molar-refractivity contribution is -0.274. The maximum Gasteiger partial charge on any atom is 0.573 e. The van der Waals surface area contributed by atoms with E-state index in [2.05, 4.69) is 70.9 Å². The highest BCUT2D eigenvalue weighted by Gasteiger charge is 2.41. The second-order valence-electron chi connectivity index (χ2n) is 22.9. The Balaban J connectivity index is 0.000000126. The average Bonchev–Trinajstić information content (AvgIpc) is 4.47. The lowest BCUT2D eigenvalue weighted by Crippen LogP contribution is -2.52. The van der Waals surface area contributed by atoms with E-state index in [4.69, 9.17) is 34.8 Å². The van der Waals surface area contributed by atoms with Gasteiger partial charge in [0.15, 0.2) is 0 Å². The molecular formula is C59H69Cl3F3N15O5. The van der Waals surface area contributed by atoms with Crippen LogP contribution in [0.25, 0.3) is 43.6 Å². The van der Waals surface area contributed by atoms with Gasteiger partial charge in [-0.1, -0.05) is 34.8 Å². The molecule has 5 aliphatic rings. The Bertz CT molecular complexity index is 3670. The normalized spacial score (nSPS) is 18.2. The number of rotatable bonds is 9. The number of anilines is 3. The number of amides is 4. The molecule has 85 heavy (non-hydrogen) atoms. The number of aromatic nitrogens is 8. The highest BCUT2D eigenvalue weighted by Crippen LogP contribution is 2.39. The molecule has 1 spiro atoms. The summed E-state index contributed by atoms with van der Waals surface area (Å²) in [5, 5.41) is 39.9. The maximum absolute atomic E-state index is 12.5. The number of fused-ring (bicyclic) bond motifs is 4. The largest absolute Gasteiger partial charge is 0.573 e. The van der Waals surface area contributed by atoms with Gasteiger partial charge in [-0.3, -0.25) is 30.0 Å². The van der Waals surface area contributed by atoms with E-state index in [1.807, 2.05) is 55.0 Å². The summed E-state index contributed by atoms with van der Waals surface area (Å²) in [6.07, 6.45) is 10.5. The molecule has 4 amide bonds. The Labute approximate surface area is 503 Å². The minimum Gasteiger partial charge on any atom is -0.406 e. The van der Waals surface area contributed by atoms with Crippen LogP contribution in [0.2, 0.25) is 15.1 Å². The summed E-state index contributed by atoms with van der Waals surface area (Å²) in [4.78, 5) is 56.3. The van der Waals surface area contributed by atoms with E-state index in [9.17, 15) is 32.3 Å². The molecule has 0 aliphatic carbocycles. The zero-order valence-corrected chi connectivity index (χ0v) is 50.0. The Morgan fingerprint density at radius 3 is 1.60 bits per heavy atom. The van der Waals surface area contributed by atoms with E-state index in [1.165, 1.54) is 19.1 Å². The zero-order chi connectivity index (χ0) is 60.2. The van der Waals surface area contributed by atoms with Crippen LogP contribution in [-0.2, 0) is 14.4 Å². The van der Waals surface area contributed by atoms with Crippen LogP contribution in [0.3, 0.4) is 0 Å². The molecule has 1 atom stereocenters. The summed E-state index contributed by atoms with van der Waals surface area (Å²) in [6.45, 7) is 10.5. The average molecular weight is 1230 g/mol. The van der Waals surface area contributed by atoms with Gasteiger partial charge in [0.2, 0.25) is 11.8 Å². The Hall–Kier alpha value is -7.50. The number of H-pyrrole nitrogens is 4. The van der Waals surface area contributed by atoms with Crippen LogP contribution in [0, 0.1) is 11.8 Å². The van der Waals surface area contributed by atoms with E-state index in [0.717, 1.165) is 150 Å². The summed E-state index contributed by atoms with van der Waals surface area (Å²) in [5.41, 5.74) is 7.39. The molecule has 0 bridgehead atoms. The van der Waals surface area contributed by atoms with Gasteiger partial charge in [0.05, 0.1) is 58.3 Å². The molecule has 6 N–H and O–H groups in total. The van der Waals surface area contributed by atoms with E-state index < -0.39 is 6.36 Å². The third-order valence-electron chi connectivity index (χ3n) is 16.9. The van der Waals surface area contributed by atoms with E-state index in [0.29, 0.717) is 59.6 Å². The Morgan fingerprint density at radius 2 is 1.13 bits per heavy atom. The first-order valence-corrected chi connectivity index (χ1v) is 29.7. The van der Waals surface area contributed by atoms with Crippen LogP contribution in [-0.4, -0.2) is 159 Å². The molecule has 9 heterocycles. The van der Waals surface area contributed by atoms with Gasteiger partial charge in [-0.05, 0) is 118 Å². The number of ether oxygens (including phenoxy) is 1. The molecule has 5 fully saturated rings. The van der Waals surface area contributed by atoms with Crippen LogP contribution in [0.4, 0.5) is 35.0 Å². The van der Waals surface area contributed by atoms with Gasteiger partial charge in [-0.15, -0.1) is 13.2 Å². The van der Waals surface area contributed by atoms with Gasteiger partial charge >= 0.3 is 12.4 Å². The first-order valence-electron chi connectivity index (χ1n) is 28.6. The molecule has 0 radical (unpaired) electrons. The lowest BCUT2D eigenvalue weighted by Gasteiger charge is -2.39. The van der Waals surface area contributed by atoms with Crippen LogP contribution < -0.4 is 30.1 Å². The number of halogens is 6. The third kappa shape index (κ3) is 14.6. The van der Waals surface area contributed by atoms with Crippen LogP contribution in [0.5, 0.6) is 5.75 Å². The minimum atomic E-state index is -4.73. The summed E-state index contributed by atoms with van der Waals surface area (Å²) >= 11 is 18.6. The Kier molecular flexibility index (Phi) is 18.5. The highest BCUT2D eigenvalue weighted by atomic mass is 35.5. The summed E-state index contributed by atoms with van der Waals surface area (Å²) < 4.78 is 41.5. The van der Waals surface area contributed by atoms with E-state index >= 15 is 0 Å². The summed E-state index contributed by atoms with van der Waals surface area (Å²) in [7, 11) is 3.61. The van der Waals surface area contributed by atoms with Crippen LogP contribution in [0.15, 0.2) is 73.3 Å². The number of Topliss-reactive ketones (excluding diaryl/α,β-unsaturated/α-hetero) is 1. The van der Waals surface area contributed by atoms with Crippen LogP contribution in [0.1, 0.15) is 83.1 Å². The fourth-order valence-corrected chi connectivity index (χ4v) is 13.0. The van der Waals surface area contributed by atoms with E-state index in [1.54, 1.807) is 37.0 Å². The molecule has 4 aromatic carbocycles. The molecule has 13 rings (SSSR count). The van der Waals surface area contributed by atoms with E-state index in [-0.39, 0.29) is 41.0 Å². The monoisotopic (exact) mass is 1230 g/mol. The minimum absolute atomic E-state index is 0.0195. The molecule has 5 saturated heterocycles. The smallest absolute Gasteiger partial charge is 0.406 e. The SMILES string of the molecule is CC(=O)CCC1CCN(c2cc(Cl)cc3[nH]ncc23)CC1.CC(=O)N1CCC(c2cc(OC(F)(F)F)cc3[nH]ncc23)CC1.CN(C)C(=O)C1CCN(c2cc(Cl)cc3[nH]ncc23)C1.O=C1NCC2(CCN(c3cc(Cl)cc4[nH]ncc34)CC2)N1. The number of benzene rings is 4. The molecule has 4 aromatic heterocycles. The quantitative estimate of drug-likeness (QED) is 0.0792. The first kappa shape index (κ1) is 60.6. The first-order chi connectivity index (χ1) is 40.7. The molecule has 1 unspecified atom stereocenters. The number of alkyl halides is 3. The van der Waals surface area contributed by atoms with Gasteiger partial charge in [-0.25, -0.2) is 4.79 Å². The van der Waals surface area contributed by atoms with Gasteiger partial charge in [0.25, 0.3) is 0 Å². The van der Waals surface area contributed by atoms with Gasteiger partial charge in [0.1, 0.15) is 11.5 Å². The Morgan fingerprint density at radius 1 is 0.647 bits per heavy atom. The number of hydrogen-bond donors (Lipinski definition) is 6. The number of nitrogens with zero attached hydrogens (tertiary/aromatic N) is 9. The second kappa shape index (κ2) is 26.0. The molecule has 5 aliphatic heterocycles. The standard InChI is InChI=1S/C16H20ClN3O.C15H16F3N3O2.C14H16ClN5O.C14H17ClN4O/c1-11(21)2-3-12-4-6-20(7-5-12)16-9-13(17)8-15-14(16)10-18-19-15;1-9(22)21-4-2-10(3-5-21)12-6-11(23-15(16,17)18)7-14-13(12)8-19-20-14;15-9-5-11-10(7-17-19-11)12(6-9)20-3-1-14(2-4-20)8-16-13(21)18-14;1-18(2)14(20)9-3-4-19(8-9)13-6-10(15)5-12-11(13)7-16-17-12/h8-10,12H,2-7H2,1H3,(H,18,19);6-8,10H,2-5H2,1H3,(H,19,20);5-7H,1-4,8H2,(H,17,19)(H2,16,18,21);5-7,9H,3-4,8H2,1-2H3,(H,16,17). The predicted molar refractivity (Wildman–Crippen MR) is 325 cm³/mol. The summed E-state index contributed by atoms with van der Waals surface area (Å²) in [5.74, 6) is 1.06. The van der Waals surface area contributed by atoms with Crippen molar-refractivity contribution in [1.82, 2.24) is 61.2 Å². The molecule has 0 saturated carbocycles. The number of urea groups is 1. The van der Waals surface area contributed by atoms with Crippen molar-refractivity contribution in [2.24, 2.45) is 11.8 Å². The van der Waals surface area contributed by atoms with Crippen molar-refractivity contribution in [2.75, 3.05) is 87.7 Å². The van der Waals surface area contributed by atoms with Crippen molar-refractivity contribution in [1.29, 1.82) is 0 Å². The summed E-state index contributed by atoms with van der Waals surface area (Å²) in [6, 6.07) is 14.3. The number of carbonyl (C=O) groups is 4. The van der Waals surface area contributed by atoms with Gasteiger partial charge < -0.3 is 44.7 Å². The molecule has 26 heteroatoms.